The Balaban J connectivity index is 1.62. The van der Waals surface area contributed by atoms with E-state index in [1.165, 1.54) is 11.1 Å². The van der Waals surface area contributed by atoms with E-state index >= 15 is 0 Å². The number of para-hydroxylation sites is 1. The Labute approximate surface area is 196 Å². The molecule has 33 heavy (non-hydrogen) atoms. The molecule has 6 nitrogen and oxygen atoms in total. The first-order valence-corrected chi connectivity index (χ1v) is 11.0. The number of benzene rings is 3. The molecule has 0 aromatic heterocycles. The molecule has 174 valence electrons. The first kappa shape index (κ1) is 23.9. The molecule has 0 aliphatic rings. The summed E-state index contributed by atoms with van der Waals surface area (Å²) in [6.45, 7) is 8.07. The van der Waals surface area contributed by atoms with Crippen LogP contribution in [0.1, 0.15) is 25.0 Å². The Bertz CT molecular complexity index is 1110. The number of ether oxygens (including phenoxy) is 2. The summed E-state index contributed by atoms with van der Waals surface area (Å²) < 4.78 is 11.3. The van der Waals surface area contributed by atoms with Gasteiger partial charge >= 0.3 is 0 Å². The van der Waals surface area contributed by atoms with Crippen LogP contribution >= 0.6 is 0 Å². The van der Waals surface area contributed by atoms with Crippen molar-refractivity contribution in [2.45, 2.75) is 27.4 Å². The van der Waals surface area contributed by atoms with Gasteiger partial charge in [-0.15, -0.1) is 0 Å². The first-order chi connectivity index (χ1) is 15.9. The lowest BCUT2D eigenvalue weighted by Gasteiger charge is -2.17. The Kier molecular flexibility index (Phi) is 8.08. The quantitative estimate of drug-likeness (QED) is 0.239. The molecule has 0 saturated heterocycles. The van der Waals surface area contributed by atoms with E-state index in [1.807, 2.05) is 61.5 Å². The molecule has 3 aromatic rings. The Morgan fingerprint density at radius 3 is 2.21 bits per heavy atom. The number of anilines is 4. The predicted molar refractivity (Wildman–Crippen MR) is 139 cm³/mol. The van der Waals surface area contributed by atoms with Gasteiger partial charge in [0, 0.05) is 13.1 Å². The third kappa shape index (κ3) is 6.59. The van der Waals surface area contributed by atoms with Crippen LogP contribution in [0.4, 0.5) is 22.7 Å². The van der Waals surface area contributed by atoms with Gasteiger partial charge in [0.2, 0.25) is 0 Å². The number of methoxy groups -OCH3 is 1. The smallest absolute Gasteiger partial charge is 0.145 e. The van der Waals surface area contributed by atoms with Crippen molar-refractivity contribution in [3.8, 4) is 11.5 Å². The van der Waals surface area contributed by atoms with E-state index in [0.717, 1.165) is 39.7 Å². The molecule has 3 aromatic carbocycles. The molecule has 6 N–H and O–H groups in total. The highest BCUT2D eigenvalue weighted by Crippen LogP contribution is 2.31. The minimum Gasteiger partial charge on any atom is -0.497 e. The number of hydrogen-bond acceptors (Lipinski definition) is 6. The highest BCUT2D eigenvalue weighted by molar-refractivity contribution is 5.74. The normalized spacial score (nSPS) is 11.5. The average molecular weight is 447 g/mol. The number of nitrogens with one attached hydrogen (secondary N) is 2. The Morgan fingerprint density at radius 1 is 0.848 bits per heavy atom. The molecule has 0 radical (unpaired) electrons. The zero-order chi connectivity index (χ0) is 23.8. The summed E-state index contributed by atoms with van der Waals surface area (Å²) in [7, 11) is 1.66. The third-order valence-corrected chi connectivity index (χ3v) is 5.62. The fourth-order valence-electron chi connectivity index (χ4n) is 3.33. The molecule has 0 fully saturated rings. The van der Waals surface area contributed by atoms with Gasteiger partial charge in [-0.05, 0) is 68.3 Å². The summed E-state index contributed by atoms with van der Waals surface area (Å²) in [6, 6.07) is 19.6. The molecule has 0 saturated carbocycles. The number of nitrogens with two attached hydrogens (primary N) is 2. The van der Waals surface area contributed by atoms with Gasteiger partial charge in [-0.2, -0.15) is 0 Å². The van der Waals surface area contributed by atoms with Crippen molar-refractivity contribution in [1.29, 1.82) is 0 Å². The molecule has 0 aliphatic heterocycles. The van der Waals surface area contributed by atoms with Crippen LogP contribution in [-0.2, 0) is 6.61 Å². The molecule has 3 rings (SSSR count). The standard InChI is InChI=1S/C27H34N4O2/c1-18-8-13-25(24(29)14-18)30-15-19(2)20(3)16-31-27-23(28)6-5-7-26(27)33-17-21-9-11-22(32-4)12-10-21/h5-14,30-31H,15-17,28-29H2,1-4H3/b20-19+. The third-order valence-electron chi connectivity index (χ3n) is 5.62. The summed E-state index contributed by atoms with van der Waals surface area (Å²) in [5.74, 6) is 1.55. The molecule has 0 aliphatic carbocycles. The van der Waals surface area contributed by atoms with E-state index in [2.05, 4.69) is 30.5 Å². The van der Waals surface area contributed by atoms with Crippen molar-refractivity contribution in [2.24, 2.45) is 0 Å². The van der Waals surface area contributed by atoms with Crippen molar-refractivity contribution in [3.05, 3.63) is 82.9 Å². The van der Waals surface area contributed by atoms with Gasteiger partial charge in [0.15, 0.2) is 0 Å². The number of hydrogen-bond donors (Lipinski definition) is 4. The molecular formula is C27H34N4O2. The van der Waals surface area contributed by atoms with Gasteiger partial charge in [0.25, 0.3) is 0 Å². The van der Waals surface area contributed by atoms with Crippen molar-refractivity contribution >= 4 is 22.7 Å². The zero-order valence-electron chi connectivity index (χ0n) is 19.9. The lowest BCUT2D eigenvalue weighted by atomic mass is 10.1. The van der Waals surface area contributed by atoms with Crippen LogP contribution in [0.3, 0.4) is 0 Å². The maximum absolute atomic E-state index is 6.25. The summed E-state index contributed by atoms with van der Waals surface area (Å²) in [6.07, 6.45) is 0. The van der Waals surface area contributed by atoms with Crippen LogP contribution in [0, 0.1) is 6.92 Å². The molecule has 0 atom stereocenters. The van der Waals surface area contributed by atoms with Gasteiger partial charge in [-0.25, -0.2) is 0 Å². The zero-order valence-corrected chi connectivity index (χ0v) is 19.9. The summed E-state index contributed by atoms with van der Waals surface area (Å²) in [5, 5.41) is 6.87. The SMILES string of the molecule is COc1ccc(COc2cccc(N)c2NC/C(C)=C(\C)CNc2ccc(C)cc2N)cc1. The highest BCUT2D eigenvalue weighted by atomic mass is 16.5. The monoisotopic (exact) mass is 446 g/mol. The van der Waals surface area contributed by atoms with Crippen molar-refractivity contribution in [2.75, 3.05) is 42.3 Å². The maximum atomic E-state index is 6.25. The second kappa shape index (κ2) is 11.2. The van der Waals surface area contributed by atoms with E-state index in [1.54, 1.807) is 7.11 Å². The van der Waals surface area contributed by atoms with Gasteiger partial charge in [0.1, 0.15) is 23.8 Å². The minimum atomic E-state index is 0.442. The van der Waals surface area contributed by atoms with Crippen LogP contribution in [0.15, 0.2) is 71.8 Å². The predicted octanol–water partition coefficient (Wildman–Crippen LogP) is 5.61. The molecule has 6 heteroatoms. The lowest BCUT2D eigenvalue weighted by molar-refractivity contribution is 0.307. The number of aryl methyl sites for hydroxylation is 1. The largest absolute Gasteiger partial charge is 0.497 e. The van der Waals surface area contributed by atoms with E-state index < -0.39 is 0 Å². The average Bonchev–Trinajstić information content (AvgIpc) is 2.81. The Hall–Kier alpha value is -3.80. The first-order valence-electron chi connectivity index (χ1n) is 11.0. The van der Waals surface area contributed by atoms with Crippen LogP contribution < -0.4 is 31.6 Å². The molecular weight excluding hydrogens is 412 g/mol. The molecule has 0 unspecified atom stereocenters. The van der Waals surface area contributed by atoms with E-state index in [0.29, 0.717) is 25.4 Å². The fourth-order valence-corrected chi connectivity index (χ4v) is 3.33. The van der Waals surface area contributed by atoms with Crippen LogP contribution in [0.2, 0.25) is 0 Å². The van der Waals surface area contributed by atoms with Crippen LogP contribution in [0.25, 0.3) is 0 Å². The van der Waals surface area contributed by atoms with Crippen molar-refractivity contribution in [1.82, 2.24) is 0 Å². The van der Waals surface area contributed by atoms with E-state index in [-0.39, 0.29) is 0 Å². The number of nitrogen functional groups attached to an aromatic ring is 2. The highest BCUT2D eigenvalue weighted by Gasteiger charge is 2.09. The molecule has 0 amide bonds. The van der Waals surface area contributed by atoms with Gasteiger partial charge in [0.05, 0.1) is 24.2 Å². The van der Waals surface area contributed by atoms with E-state index in [4.69, 9.17) is 20.9 Å². The van der Waals surface area contributed by atoms with Crippen molar-refractivity contribution in [3.63, 3.8) is 0 Å². The second-order valence-corrected chi connectivity index (χ2v) is 8.22. The molecule has 0 spiro atoms. The minimum absolute atomic E-state index is 0.442. The van der Waals surface area contributed by atoms with Crippen LogP contribution in [0.5, 0.6) is 11.5 Å². The van der Waals surface area contributed by atoms with Crippen LogP contribution in [-0.4, -0.2) is 20.2 Å². The van der Waals surface area contributed by atoms with Gasteiger partial charge in [-0.1, -0.05) is 35.4 Å². The summed E-state index contributed by atoms with van der Waals surface area (Å²) in [4.78, 5) is 0. The summed E-state index contributed by atoms with van der Waals surface area (Å²) in [5.41, 5.74) is 20.2. The topological polar surface area (TPSA) is 94.6 Å². The lowest BCUT2D eigenvalue weighted by Crippen LogP contribution is -2.12. The maximum Gasteiger partial charge on any atom is 0.145 e. The molecule has 0 bridgehead atoms. The van der Waals surface area contributed by atoms with E-state index in [9.17, 15) is 0 Å². The molecule has 0 heterocycles. The van der Waals surface area contributed by atoms with Gasteiger partial charge in [-0.3, -0.25) is 0 Å². The summed E-state index contributed by atoms with van der Waals surface area (Å²) >= 11 is 0. The Morgan fingerprint density at radius 2 is 1.55 bits per heavy atom. The van der Waals surface area contributed by atoms with Crippen molar-refractivity contribution < 1.29 is 9.47 Å². The second-order valence-electron chi connectivity index (χ2n) is 8.22. The fraction of sp³-hybridized carbons (Fsp3) is 0.259. The van der Waals surface area contributed by atoms with Gasteiger partial charge < -0.3 is 31.6 Å². The number of rotatable bonds is 10.